The highest BCUT2D eigenvalue weighted by atomic mass is 16.6. The largest absolute Gasteiger partial charge is 0.475 e. The van der Waals surface area contributed by atoms with Gasteiger partial charge < -0.3 is 14.4 Å². The van der Waals surface area contributed by atoms with Crippen LogP contribution in [0, 0.1) is 17.0 Å². The van der Waals surface area contributed by atoms with Crippen molar-refractivity contribution in [2.75, 3.05) is 51.3 Å². The van der Waals surface area contributed by atoms with Crippen molar-refractivity contribution < 1.29 is 19.2 Å². The third kappa shape index (κ3) is 6.05. The van der Waals surface area contributed by atoms with Crippen LogP contribution in [0.4, 0.5) is 11.4 Å². The van der Waals surface area contributed by atoms with E-state index in [-0.39, 0.29) is 18.0 Å². The van der Waals surface area contributed by atoms with E-state index in [2.05, 4.69) is 49.9 Å². The van der Waals surface area contributed by atoms with E-state index < -0.39 is 10.9 Å². The minimum atomic E-state index is -0.587. The maximum Gasteiger partial charge on any atom is 0.343 e. The summed E-state index contributed by atoms with van der Waals surface area (Å²) in [4.78, 5) is 31.7. The van der Waals surface area contributed by atoms with E-state index in [0.717, 1.165) is 62.3 Å². The molecule has 9 nitrogen and oxygen atoms in total. The van der Waals surface area contributed by atoms with Gasteiger partial charge in [0.1, 0.15) is 0 Å². The summed E-state index contributed by atoms with van der Waals surface area (Å²) in [5, 5.41) is 12.6. The van der Waals surface area contributed by atoms with Crippen LogP contribution in [0.2, 0.25) is 0 Å². The fourth-order valence-electron chi connectivity index (χ4n) is 4.41. The van der Waals surface area contributed by atoms with Crippen molar-refractivity contribution in [1.29, 1.82) is 0 Å². The number of fused-ring (bicyclic) bond motifs is 1. The van der Waals surface area contributed by atoms with Crippen molar-refractivity contribution in [3.63, 3.8) is 0 Å². The molecule has 2 aromatic carbocycles. The molecule has 3 aromatic rings. The zero-order chi connectivity index (χ0) is 24.8. The number of rotatable bonds is 9. The Kier molecular flexibility index (Phi) is 7.77. The molecule has 1 fully saturated rings. The molecule has 0 N–H and O–H groups in total. The molecule has 35 heavy (non-hydrogen) atoms. The van der Waals surface area contributed by atoms with Gasteiger partial charge in [-0.2, -0.15) is 0 Å². The summed E-state index contributed by atoms with van der Waals surface area (Å²) in [6.45, 7) is 6.41. The van der Waals surface area contributed by atoms with Crippen molar-refractivity contribution in [3.8, 4) is 5.75 Å². The molecular weight excluding hydrogens is 448 g/mol. The Balaban J connectivity index is 1.29. The molecule has 1 aliphatic heterocycles. The number of pyridine rings is 1. The van der Waals surface area contributed by atoms with E-state index in [4.69, 9.17) is 4.74 Å². The average molecular weight is 479 g/mol. The number of piperazine rings is 1. The summed E-state index contributed by atoms with van der Waals surface area (Å²) in [6, 6.07) is 15.4. The van der Waals surface area contributed by atoms with Gasteiger partial charge in [-0.05, 0) is 62.2 Å². The highest BCUT2D eigenvalue weighted by Gasteiger charge is 2.20. The van der Waals surface area contributed by atoms with Gasteiger partial charge in [0.15, 0.2) is 12.4 Å². The number of nitrogens with zero attached hydrogens (tertiary/aromatic N) is 4. The molecular formula is C26H30N4O5. The number of anilines is 1. The van der Waals surface area contributed by atoms with Crippen LogP contribution in [0.15, 0.2) is 48.5 Å². The lowest BCUT2D eigenvalue weighted by Crippen LogP contribution is -2.46. The number of carbonyl (C=O) groups excluding carboxylic acids is 1. The molecule has 1 saturated heterocycles. The summed E-state index contributed by atoms with van der Waals surface area (Å²) < 4.78 is 9.77. The van der Waals surface area contributed by atoms with Gasteiger partial charge in [0, 0.05) is 49.0 Å². The van der Waals surface area contributed by atoms with Crippen molar-refractivity contribution in [1.82, 2.24) is 9.88 Å². The highest BCUT2D eigenvalue weighted by Crippen LogP contribution is 2.29. The van der Waals surface area contributed by atoms with Gasteiger partial charge in [0.2, 0.25) is 0 Å². The number of carbonyl (C=O) groups is 1. The van der Waals surface area contributed by atoms with Crippen LogP contribution < -0.4 is 9.64 Å². The number of nitro groups is 1. The van der Waals surface area contributed by atoms with E-state index in [1.165, 1.54) is 24.2 Å². The smallest absolute Gasteiger partial charge is 0.343 e. The zero-order valence-corrected chi connectivity index (χ0v) is 20.1. The number of ether oxygens (including phenoxy) is 2. The van der Waals surface area contributed by atoms with E-state index in [1.54, 1.807) is 6.07 Å². The molecule has 0 radical (unpaired) electrons. The van der Waals surface area contributed by atoms with Crippen molar-refractivity contribution in [2.24, 2.45) is 0 Å². The van der Waals surface area contributed by atoms with E-state index >= 15 is 0 Å². The molecule has 0 saturated carbocycles. The minimum absolute atomic E-state index is 0.0686. The van der Waals surface area contributed by atoms with E-state index in [9.17, 15) is 14.9 Å². The second-order valence-corrected chi connectivity index (χ2v) is 8.65. The van der Waals surface area contributed by atoms with Gasteiger partial charge in [0.05, 0.1) is 17.5 Å². The third-order valence-electron chi connectivity index (χ3n) is 6.29. The summed E-state index contributed by atoms with van der Waals surface area (Å²) >= 11 is 0. The van der Waals surface area contributed by atoms with Crippen LogP contribution in [0.1, 0.15) is 17.7 Å². The highest BCUT2D eigenvalue weighted by molar-refractivity contribution is 5.92. The second kappa shape index (κ2) is 11.1. The number of methoxy groups -OCH3 is 1. The first-order valence-corrected chi connectivity index (χ1v) is 11.7. The summed E-state index contributed by atoms with van der Waals surface area (Å²) in [5.74, 6) is -0.519. The summed E-state index contributed by atoms with van der Waals surface area (Å²) in [6.07, 6.45) is 1.63. The van der Waals surface area contributed by atoms with Crippen molar-refractivity contribution in [3.05, 3.63) is 69.9 Å². The monoisotopic (exact) mass is 478 g/mol. The predicted octanol–water partition coefficient (Wildman–Crippen LogP) is 3.76. The van der Waals surface area contributed by atoms with E-state index in [1.807, 2.05) is 13.0 Å². The van der Waals surface area contributed by atoms with Gasteiger partial charge in [-0.3, -0.25) is 20.0 Å². The lowest BCUT2D eigenvalue weighted by molar-refractivity contribution is -0.385. The quantitative estimate of drug-likeness (QED) is 0.261. The summed E-state index contributed by atoms with van der Waals surface area (Å²) in [5.41, 5.74) is 4.02. The van der Waals surface area contributed by atoms with Crippen LogP contribution >= 0.6 is 0 Å². The molecule has 4 rings (SSSR count). The Morgan fingerprint density at radius 2 is 1.91 bits per heavy atom. The Labute approximate surface area is 204 Å². The molecule has 0 aliphatic carbocycles. The first kappa shape index (κ1) is 24.4. The number of hydrogen-bond donors (Lipinski definition) is 0. The van der Waals surface area contributed by atoms with Gasteiger partial charge in [-0.1, -0.05) is 12.1 Å². The number of esters is 1. The molecule has 9 heteroatoms. The third-order valence-corrected chi connectivity index (χ3v) is 6.29. The molecule has 0 amide bonds. The molecule has 2 heterocycles. The lowest BCUT2D eigenvalue weighted by atomic mass is 10.1. The zero-order valence-electron chi connectivity index (χ0n) is 20.1. The Hall–Kier alpha value is -3.72. The SMILES string of the molecule is COC(=O)COc1ccc(CCCN2CCN(c3cccc4nc(C)ccc34)CC2)cc1[N+](=O)[O-]. The Morgan fingerprint density at radius 1 is 1.11 bits per heavy atom. The van der Waals surface area contributed by atoms with Crippen molar-refractivity contribution >= 4 is 28.2 Å². The Morgan fingerprint density at radius 3 is 2.66 bits per heavy atom. The molecule has 0 unspecified atom stereocenters. The first-order valence-electron chi connectivity index (χ1n) is 11.7. The van der Waals surface area contributed by atoms with Gasteiger partial charge >= 0.3 is 11.7 Å². The Bertz CT molecular complexity index is 1210. The molecule has 1 aromatic heterocycles. The van der Waals surface area contributed by atoms with Crippen LogP contribution in [-0.4, -0.2) is 67.2 Å². The fraction of sp³-hybridized carbons (Fsp3) is 0.385. The fourth-order valence-corrected chi connectivity index (χ4v) is 4.41. The summed E-state index contributed by atoms with van der Waals surface area (Å²) in [7, 11) is 1.24. The number of hydrogen-bond acceptors (Lipinski definition) is 8. The number of aryl methyl sites for hydroxylation is 2. The molecule has 0 atom stereocenters. The van der Waals surface area contributed by atoms with Crippen LogP contribution in [-0.2, 0) is 16.0 Å². The van der Waals surface area contributed by atoms with Crippen LogP contribution in [0.3, 0.4) is 0 Å². The van der Waals surface area contributed by atoms with Crippen molar-refractivity contribution in [2.45, 2.75) is 19.8 Å². The molecule has 1 aliphatic rings. The predicted molar refractivity (Wildman–Crippen MR) is 134 cm³/mol. The molecule has 0 bridgehead atoms. The molecule has 0 spiro atoms. The van der Waals surface area contributed by atoms with Crippen LogP contribution in [0.5, 0.6) is 5.75 Å². The maximum absolute atomic E-state index is 11.4. The first-order chi connectivity index (χ1) is 16.9. The topological polar surface area (TPSA) is 98.0 Å². The van der Waals surface area contributed by atoms with Crippen LogP contribution in [0.25, 0.3) is 10.9 Å². The van der Waals surface area contributed by atoms with Gasteiger partial charge in [0.25, 0.3) is 0 Å². The lowest BCUT2D eigenvalue weighted by Gasteiger charge is -2.36. The standard InChI is InChI=1S/C26H30N4O5/c1-19-8-10-21-22(27-19)6-3-7-23(21)29-15-13-28(14-16-29)12-4-5-20-9-11-25(24(17-20)30(32)33)35-18-26(31)34-2/h3,6-11,17H,4-5,12-16,18H2,1-2H3. The number of aromatic nitrogens is 1. The minimum Gasteiger partial charge on any atom is -0.475 e. The number of benzene rings is 2. The molecule has 184 valence electrons. The second-order valence-electron chi connectivity index (χ2n) is 8.65. The number of nitro benzene ring substituents is 1. The van der Waals surface area contributed by atoms with E-state index in [0.29, 0.717) is 0 Å². The average Bonchev–Trinajstić information content (AvgIpc) is 2.87. The van der Waals surface area contributed by atoms with Gasteiger partial charge in [-0.25, -0.2) is 4.79 Å². The normalized spacial score (nSPS) is 14.2. The van der Waals surface area contributed by atoms with Gasteiger partial charge in [-0.15, -0.1) is 0 Å². The maximum atomic E-state index is 11.4.